The maximum absolute atomic E-state index is 12.8. The van der Waals surface area contributed by atoms with E-state index in [0.717, 1.165) is 12.1 Å². The molecule has 0 radical (unpaired) electrons. The highest BCUT2D eigenvalue weighted by Gasteiger charge is 2.34. The largest absolute Gasteiger partial charge is 0.481 e. The number of unbranched alkanes of at least 4 members (excludes halogenated alkanes) is 1. The third-order valence-corrected chi connectivity index (χ3v) is 3.58. The van der Waals surface area contributed by atoms with E-state index in [-0.39, 0.29) is 18.5 Å². The average molecular weight is 331 g/mol. The Balaban J connectivity index is 2.70. The van der Waals surface area contributed by atoms with Crippen molar-refractivity contribution in [2.75, 3.05) is 6.54 Å². The van der Waals surface area contributed by atoms with Crippen LogP contribution in [0.15, 0.2) is 24.3 Å². The van der Waals surface area contributed by atoms with Crippen LogP contribution in [0.3, 0.4) is 0 Å². The molecule has 2 N–H and O–H groups in total. The first-order valence-electron chi connectivity index (χ1n) is 7.23. The number of hydrogen-bond donors (Lipinski definition) is 2. The van der Waals surface area contributed by atoms with Crippen molar-refractivity contribution in [2.24, 2.45) is 0 Å². The first-order valence-corrected chi connectivity index (χ1v) is 7.23. The van der Waals surface area contributed by atoms with Gasteiger partial charge in [0.05, 0.1) is 11.0 Å². The number of amides is 1. The molecule has 0 spiro atoms. The molecule has 0 saturated carbocycles. The van der Waals surface area contributed by atoms with Crippen molar-refractivity contribution < 1.29 is 27.9 Å². The van der Waals surface area contributed by atoms with Crippen LogP contribution in [-0.2, 0) is 21.2 Å². The lowest BCUT2D eigenvalue weighted by Gasteiger charge is -2.25. The zero-order valence-electron chi connectivity index (χ0n) is 13.0. The van der Waals surface area contributed by atoms with Crippen molar-refractivity contribution in [1.82, 2.24) is 5.32 Å². The molecule has 4 nitrogen and oxygen atoms in total. The standard InChI is InChI=1S/C16H20F3NO3/c1-15(2,14(23)20-9-4-3-8-13(21)22)11-6-5-7-12(10-11)16(17,18)19/h5-7,10H,3-4,8-9H2,1-2H3,(H,20,23)(H,21,22). The van der Waals surface area contributed by atoms with Gasteiger partial charge in [-0.05, 0) is 38.3 Å². The third kappa shape index (κ3) is 5.58. The van der Waals surface area contributed by atoms with Crippen LogP contribution in [0.5, 0.6) is 0 Å². The molecule has 0 saturated heterocycles. The Morgan fingerprint density at radius 1 is 1.13 bits per heavy atom. The highest BCUT2D eigenvalue weighted by Crippen LogP contribution is 2.32. The average Bonchev–Trinajstić information content (AvgIpc) is 2.45. The van der Waals surface area contributed by atoms with E-state index in [2.05, 4.69) is 5.32 Å². The lowest BCUT2D eigenvalue weighted by atomic mass is 9.83. The van der Waals surface area contributed by atoms with Crippen molar-refractivity contribution in [3.05, 3.63) is 35.4 Å². The van der Waals surface area contributed by atoms with E-state index < -0.39 is 29.0 Å². The summed E-state index contributed by atoms with van der Waals surface area (Å²) in [5.74, 6) is -1.30. The van der Waals surface area contributed by atoms with Gasteiger partial charge in [-0.3, -0.25) is 9.59 Å². The summed E-state index contributed by atoms with van der Waals surface area (Å²) in [6.07, 6.45) is -3.51. The predicted molar refractivity (Wildman–Crippen MR) is 79.0 cm³/mol. The SMILES string of the molecule is CC(C)(C(=O)NCCCCC(=O)O)c1cccc(C(F)(F)F)c1. The quantitative estimate of drug-likeness (QED) is 0.753. The number of carbonyl (C=O) groups is 2. The summed E-state index contributed by atoms with van der Waals surface area (Å²) in [6.45, 7) is 3.39. The maximum atomic E-state index is 12.8. The van der Waals surface area contributed by atoms with Gasteiger partial charge in [0.2, 0.25) is 5.91 Å². The van der Waals surface area contributed by atoms with Crippen molar-refractivity contribution in [3.8, 4) is 0 Å². The second kappa shape index (κ2) is 7.48. The fourth-order valence-corrected chi connectivity index (χ4v) is 2.04. The first kappa shape index (κ1) is 19.0. The zero-order chi connectivity index (χ0) is 17.7. The van der Waals surface area contributed by atoms with Crippen molar-refractivity contribution in [1.29, 1.82) is 0 Å². The predicted octanol–water partition coefficient (Wildman–Crippen LogP) is 3.35. The lowest BCUT2D eigenvalue weighted by Crippen LogP contribution is -2.40. The molecule has 1 aromatic rings. The Kier molecular flexibility index (Phi) is 6.18. The van der Waals surface area contributed by atoms with Crippen molar-refractivity contribution >= 4 is 11.9 Å². The number of carbonyl (C=O) groups excluding carboxylic acids is 1. The van der Waals surface area contributed by atoms with Gasteiger partial charge in [0.15, 0.2) is 0 Å². The van der Waals surface area contributed by atoms with Crippen molar-refractivity contribution in [3.63, 3.8) is 0 Å². The van der Waals surface area contributed by atoms with Crippen LogP contribution in [0.25, 0.3) is 0 Å². The van der Waals surface area contributed by atoms with Gasteiger partial charge in [-0.1, -0.05) is 18.2 Å². The van der Waals surface area contributed by atoms with E-state index in [9.17, 15) is 22.8 Å². The molecule has 0 bridgehead atoms. The van der Waals surface area contributed by atoms with Crippen LogP contribution in [0.4, 0.5) is 13.2 Å². The molecule has 7 heteroatoms. The Labute approximate surface area is 132 Å². The molecule has 0 fully saturated rings. The van der Waals surface area contributed by atoms with E-state index in [0.29, 0.717) is 12.8 Å². The second-order valence-electron chi connectivity index (χ2n) is 5.81. The number of aliphatic carboxylic acids is 1. The number of halogens is 3. The summed E-state index contributed by atoms with van der Waals surface area (Å²) >= 11 is 0. The van der Waals surface area contributed by atoms with Crippen LogP contribution in [0.1, 0.15) is 44.2 Å². The molecule has 128 valence electrons. The van der Waals surface area contributed by atoms with Gasteiger partial charge >= 0.3 is 12.1 Å². The van der Waals surface area contributed by atoms with Gasteiger partial charge < -0.3 is 10.4 Å². The van der Waals surface area contributed by atoms with E-state index in [1.54, 1.807) is 13.8 Å². The minimum atomic E-state index is -4.46. The van der Waals surface area contributed by atoms with Gasteiger partial charge in [-0.2, -0.15) is 13.2 Å². The van der Waals surface area contributed by atoms with E-state index in [1.807, 2.05) is 0 Å². The molecule has 0 heterocycles. The van der Waals surface area contributed by atoms with Gasteiger partial charge in [-0.15, -0.1) is 0 Å². The van der Waals surface area contributed by atoms with Crippen LogP contribution in [0, 0.1) is 0 Å². The van der Waals surface area contributed by atoms with Crippen LogP contribution >= 0.6 is 0 Å². The fraction of sp³-hybridized carbons (Fsp3) is 0.500. The van der Waals surface area contributed by atoms with Gasteiger partial charge in [0, 0.05) is 13.0 Å². The number of nitrogens with one attached hydrogen (secondary N) is 1. The molecular weight excluding hydrogens is 311 g/mol. The first-order chi connectivity index (χ1) is 10.5. The fourth-order valence-electron chi connectivity index (χ4n) is 2.04. The maximum Gasteiger partial charge on any atom is 0.416 e. The molecule has 23 heavy (non-hydrogen) atoms. The van der Waals surface area contributed by atoms with E-state index >= 15 is 0 Å². The smallest absolute Gasteiger partial charge is 0.416 e. The summed E-state index contributed by atoms with van der Waals surface area (Å²) in [5.41, 5.74) is -1.64. The molecule has 0 aliphatic heterocycles. The number of hydrogen-bond acceptors (Lipinski definition) is 2. The Hall–Kier alpha value is -2.05. The molecule has 0 aliphatic rings. The minimum Gasteiger partial charge on any atom is -0.481 e. The van der Waals surface area contributed by atoms with Gasteiger partial charge in [0.25, 0.3) is 0 Å². The van der Waals surface area contributed by atoms with Gasteiger partial charge in [0.1, 0.15) is 0 Å². The van der Waals surface area contributed by atoms with Crippen LogP contribution in [0.2, 0.25) is 0 Å². The highest BCUT2D eigenvalue weighted by atomic mass is 19.4. The normalized spacial score (nSPS) is 12.0. The third-order valence-electron chi connectivity index (χ3n) is 3.58. The highest BCUT2D eigenvalue weighted by molar-refractivity contribution is 5.87. The summed E-state index contributed by atoms with van der Waals surface area (Å²) < 4.78 is 38.3. The molecule has 0 unspecified atom stereocenters. The van der Waals surface area contributed by atoms with Gasteiger partial charge in [-0.25, -0.2) is 0 Å². The minimum absolute atomic E-state index is 0.0207. The molecule has 1 aromatic carbocycles. The lowest BCUT2D eigenvalue weighted by molar-refractivity contribution is -0.138. The number of carboxylic acid groups (broad SMARTS) is 1. The molecule has 0 aromatic heterocycles. The Morgan fingerprint density at radius 2 is 1.74 bits per heavy atom. The molecule has 0 aliphatic carbocycles. The number of carboxylic acids is 1. The summed E-state index contributed by atoms with van der Waals surface area (Å²) in [4.78, 5) is 22.6. The molecule has 1 amide bonds. The number of benzene rings is 1. The van der Waals surface area contributed by atoms with Crippen LogP contribution in [-0.4, -0.2) is 23.5 Å². The van der Waals surface area contributed by atoms with E-state index in [1.165, 1.54) is 12.1 Å². The number of rotatable bonds is 7. The van der Waals surface area contributed by atoms with Crippen LogP contribution < -0.4 is 5.32 Å². The summed E-state index contributed by atoms with van der Waals surface area (Å²) in [7, 11) is 0. The van der Waals surface area contributed by atoms with E-state index in [4.69, 9.17) is 5.11 Å². The Bertz CT molecular complexity index is 568. The number of alkyl halides is 3. The molecule has 1 rings (SSSR count). The monoisotopic (exact) mass is 331 g/mol. The Morgan fingerprint density at radius 3 is 2.30 bits per heavy atom. The second-order valence-corrected chi connectivity index (χ2v) is 5.81. The summed E-state index contributed by atoms with van der Waals surface area (Å²) in [6, 6.07) is 4.70. The topological polar surface area (TPSA) is 66.4 Å². The summed E-state index contributed by atoms with van der Waals surface area (Å²) in [5, 5.41) is 11.2. The molecular formula is C16H20F3NO3. The zero-order valence-corrected chi connectivity index (χ0v) is 13.0. The molecule has 0 atom stereocenters. The van der Waals surface area contributed by atoms with Crippen molar-refractivity contribution in [2.45, 2.75) is 44.7 Å².